The quantitative estimate of drug-likeness (QED) is 0.864. The van der Waals surface area contributed by atoms with E-state index in [2.05, 4.69) is 53.9 Å². The Bertz CT molecular complexity index is 497. The summed E-state index contributed by atoms with van der Waals surface area (Å²) in [6, 6.07) is 8.73. The molecule has 1 aromatic carbocycles. The molecular formula is C16H23N3. The van der Waals surface area contributed by atoms with E-state index in [1.165, 1.54) is 11.1 Å². The van der Waals surface area contributed by atoms with E-state index in [4.69, 9.17) is 5.73 Å². The van der Waals surface area contributed by atoms with Crippen LogP contribution in [0, 0.1) is 5.92 Å². The maximum atomic E-state index is 5.52. The highest BCUT2D eigenvalue weighted by Crippen LogP contribution is 2.19. The minimum absolute atomic E-state index is 0.696. The van der Waals surface area contributed by atoms with Crippen LogP contribution < -0.4 is 5.73 Å². The monoisotopic (exact) mass is 257 g/mol. The lowest BCUT2D eigenvalue weighted by Gasteiger charge is -2.05. The number of aryl methyl sites for hydroxylation is 1. The summed E-state index contributed by atoms with van der Waals surface area (Å²) in [5, 5.41) is 0. The van der Waals surface area contributed by atoms with Gasteiger partial charge in [-0.1, -0.05) is 38.1 Å². The molecule has 1 heterocycles. The van der Waals surface area contributed by atoms with Crippen LogP contribution in [0.25, 0.3) is 11.3 Å². The van der Waals surface area contributed by atoms with E-state index in [1.807, 2.05) is 6.33 Å². The number of nitrogens with two attached hydrogens (primary N) is 1. The van der Waals surface area contributed by atoms with E-state index in [-0.39, 0.29) is 0 Å². The van der Waals surface area contributed by atoms with Crippen molar-refractivity contribution in [1.82, 2.24) is 9.55 Å². The highest BCUT2D eigenvalue weighted by atomic mass is 15.0. The molecule has 2 N–H and O–H groups in total. The lowest BCUT2D eigenvalue weighted by molar-refractivity contribution is 0.647. The largest absolute Gasteiger partial charge is 0.337 e. The Morgan fingerprint density at radius 2 is 1.95 bits per heavy atom. The first-order valence-corrected chi connectivity index (χ1v) is 7.00. The summed E-state index contributed by atoms with van der Waals surface area (Å²) in [5.41, 5.74) is 9.12. The Kier molecular flexibility index (Phi) is 4.74. The number of hydrogen-bond donors (Lipinski definition) is 1. The molecule has 0 amide bonds. The second-order valence-corrected chi connectivity index (χ2v) is 5.43. The zero-order chi connectivity index (χ0) is 13.7. The lowest BCUT2D eigenvalue weighted by atomic mass is 10.0. The molecule has 1 aromatic heterocycles. The van der Waals surface area contributed by atoms with E-state index in [0.717, 1.165) is 31.6 Å². The van der Waals surface area contributed by atoms with Crippen molar-refractivity contribution in [1.29, 1.82) is 0 Å². The van der Waals surface area contributed by atoms with Crippen LogP contribution in [0.4, 0.5) is 0 Å². The maximum Gasteiger partial charge on any atom is 0.0953 e. The molecule has 2 aromatic rings. The highest BCUT2D eigenvalue weighted by Gasteiger charge is 2.03. The Morgan fingerprint density at radius 1 is 1.21 bits per heavy atom. The average molecular weight is 257 g/mol. The molecule has 0 aliphatic heterocycles. The molecule has 0 bridgehead atoms. The third-order valence-corrected chi connectivity index (χ3v) is 3.15. The molecular weight excluding hydrogens is 234 g/mol. The van der Waals surface area contributed by atoms with Gasteiger partial charge in [0, 0.05) is 18.3 Å². The fourth-order valence-electron chi connectivity index (χ4n) is 2.19. The summed E-state index contributed by atoms with van der Waals surface area (Å²) in [4.78, 5) is 4.45. The minimum Gasteiger partial charge on any atom is -0.337 e. The molecule has 102 valence electrons. The number of rotatable bonds is 6. The van der Waals surface area contributed by atoms with Crippen LogP contribution in [0.2, 0.25) is 0 Å². The number of imidazole rings is 1. The zero-order valence-electron chi connectivity index (χ0n) is 11.8. The molecule has 0 saturated carbocycles. The van der Waals surface area contributed by atoms with E-state index in [9.17, 15) is 0 Å². The number of aromatic nitrogens is 2. The molecule has 0 fully saturated rings. The number of benzene rings is 1. The van der Waals surface area contributed by atoms with Gasteiger partial charge in [0.15, 0.2) is 0 Å². The van der Waals surface area contributed by atoms with E-state index >= 15 is 0 Å². The van der Waals surface area contributed by atoms with Gasteiger partial charge in [0.25, 0.3) is 0 Å². The summed E-state index contributed by atoms with van der Waals surface area (Å²) in [7, 11) is 0. The topological polar surface area (TPSA) is 43.8 Å². The fraction of sp³-hybridized carbons (Fsp3) is 0.438. The smallest absolute Gasteiger partial charge is 0.0953 e. The normalized spacial score (nSPS) is 11.2. The number of nitrogens with zero attached hydrogens (tertiary/aromatic N) is 2. The predicted octanol–water partition coefficient (Wildman–Crippen LogP) is 3.10. The van der Waals surface area contributed by atoms with Crippen molar-refractivity contribution in [3.63, 3.8) is 0 Å². The summed E-state index contributed by atoms with van der Waals surface area (Å²) in [5.74, 6) is 0.696. The van der Waals surface area contributed by atoms with Gasteiger partial charge in [-0.15, -0.1) is 0 Å². The molecule has 0 aliphatic carbocycles. The van der Waals surface area contributed by atoms with Gasteiger partial charge in [-0.2, -0.15) is 0 Å². The predicted molar refractivity (Wildman–Crippen MR) is 79.9 cm³/mol. The minimum atomic E-state index is 0.696. The molecule has 0 saturated heterocycles. The van der Waals surface area contributed by atoms with Crippen LogP contribution in [0.15, 0.2) is 36.8 Å². The third-order valence-electron chi connectivity index (χ3n) is 3.15. The van der Waals surface area contributed by atoms with Gasteiger partial charge >= 0.3 is 0 Å². The first-order valence-electron chi connectivity index (χ1n) is 7.00. The van der Waals surface area contributed by atoms with Gasteiger partial charge in [-0.25, -0.2) is 4.98 Å². The second-order valence-electron chi connectivity index (χ2n) is 5.43. The summed E-state index contributed by atoms with van der Waals surface area (Å²) in [6.07, 6.45) is 6.09. The Hall–Kier alpha value is -1.61. The molecule has 3 heteroatoms. The van der Waals surface area contributed by atoms with Crippen LogP contribution in [0.1, 0.15) is 25.8 Å². The summed E-state index contributed by atoms with van der Waals surface area (Å²) >= 11 is 0. The first kappa shape index (κ1) is 13.8. The Labute approximate surface area is 115 Å². The standard InChI is InChI=1S/C16H23N3/c1-13(2)10-14-4-6-15(7-5-14)16-11-19(12-18-16)9-3-8-17/h4-7,11-13H,3,8-10,17H2,1-2H3. The van der Waals surface area contributed by atoms with Crippen molar-refractivity contribution >= 4 is 0 Å². The first-order chi connectivity index (χ1) is 9.19. The average Bonchev–Trinajstić information content (AvgIpc) is 2.85. The molecule has 19 heavy (non-hydrogen) atoms. The Morgan fingerprint density at radius 3 is 2.58 bits per heavy atom. The Balaban J connectivity index is 2.07. The van der Waals surface area contributed by atoms with Crippen LogP contribution in [0.5, 0.6) is 0 Å². The van der Waals surface area contributed by atoms with Crippen LogP contribution in [-0.2, 0) is 13.0 Å². The van der Waals surface area contributed by atoms with Crippen molar-refractivity contribution in [3.8, 4) is 11.3 Å². The summed E-state index contributed by atoms with van der Waals surface area (Å²) in [6.45, 7) is 6.15. The number of hydrogen-bond acceptors (Lipinski definition) is 2. The van der Waals surface area contributed by atoms with Gasteiger partial charge in [-0.05, 0) is 30.9 Å². The molecule has 0 aliphatic rings. The lowest BCUT2D eigenvalue weighted by Crippen LogP contribution is -2.03. The van der Waals surface area contributed by atoms with Crippen molar-refractivity contribution in [3.05, 3.63) is 42.4 Å². The van der Waals surface area contributed by atoms with Gasteiger partial charge < -0.3 is 10.3 Å². The summed E-state index contributed by atoms with van der Waals surface area (Å²) < 4.78 is 2.10. The van der Waals surface area contributed by atoms with Crippen molar-refractivity contribution < 1.29 is 0 Å². The molecule has 0 atom stereocenters. The third kappa shape index (κ3) is 3.93. The highest BCUT2D eigenvalue weighted by molar-refractivity contribution is 5.58. The van der Waals surface area contributed by atoms with Crippen molar-refractivity contribution in [2.75, 3.05) is 6.54 Å². The maximum absolute atomic E-state index is 5.52. The van der Waals surface area contributed by atoms with E-state index in [0.29, 0.717) is 5.92 Å². The molecule has 0 radical (unpaired) electrons. The van der Waals surface area contributed by atoms with Crippen LogP contribution in [-0.4, -0.2) is 16.1 Å². The van der Waals surface area contributed by atoms with E-state index in [1.54, 1.807) is 0 Å². The zero-order valence-corrected chi connectivity index (χ0v) is 11.8. The molecule has 3 nitrogen and oxygen atoms in total. The van der Waals surface area contributed by atoms with Gasteiger partial charge in [0.2, 0.25) is 0 Å². The van der Waals surface area contributed by atoms with Gasteiger partial charge in [0.1, 0.15) is 0 Å². The van der Waals surface area contributed by atoms with Crippen LogP contribution in [0.3, 0.4) is 0 Å². The van der Waals surface area contributed by atoms with Crippen molar-refractivity contribution in [2.45, 2.75) is 33.2 Å². The molecule has 2 rings (SSSR count). The molecule has 0 unspecified atom stereocenters. The molecule has 0 spiro atoms. The fourth-order valence-corrected chi connectivity index (χ4v) is 2.19. The van der Waals surface area contributed by atoms with Crippen LogP contribution >= 0.6 is 0 Å². The van der Waals surface area contributed by atoms with Gasteiger partial charge in [0.05, 0.1) is 12.0 Å². The van der Waals surface area contributed by atoms with E-state index < -0.39 is 0 Å². The second kappa shape index (κ2) is 6.53. The van der Waals surface area contributed by atoms with Crippen molar-refractivity contribution in [2.24, 2.45) is 11.7 Å². The van der Waals surface area contributed by atoms with Gasteiger partial charge in [-0.3, -0.25) is 0 Å². The SMILES string of the molecule is CC(C)Cc1ccc(-c2cn(CCCN)cn2)cc1.